The van der Waals surface area contributed by atoms with Crippen LogP contribution in [0.3, 0.4) is 0 Å². The highest BCUT2D eigenvalue weighted by Gasteiger charge is 2.11. The molecule has 3 N–H and O–H groups in total. The van der Waals surface area contributed by atoms with Crippen LogP contribution in [0.4, 0.5) is 5.69 Å². The topological polar surface area (TPSA) is 119 Å². The Balaban J connectivity index is 1.76. The second-order valence-corrected chi connectivity index (χ2v) is 6.96. The van der Waals surface area contributed by atoms with E-state index in [9.17, 15) is 18.0 Å². The summed E-state index contributed by atoms with van der Waals surface area (Å²) in [5.41, 5.74) is 0.167. The van der Waals surface area contributed by atoms with Crippen LogP contribution in [0.2, 0.25) is 0 Å². The maximum atomic E-state index is 12.2. The van der Waals surface area contributed by atoms with E-state index in [0.29, 0.717) is 16.7 Å². The predicted molar refractivity (Wildman–Crippen MR) is 97.4 cm³/mol. The lowest BCUT2D eigenvalue weighted by molar-refractivity contribution is 0.104. The first-order valence-corrected chi connectivity index (χ1v) is 9.02. The van der Waals surface area contributed by atoms with Crippen LogP contribution in [0.25, 0.3) is 11.0 Å². The number of carbonyl (C=O) groups is 1. The molecule has 0 spiro atoms. The maximum Gasteiger partial charge on any atom is 0.347 e. The van der Waals surface area contributed by atoms with Gasteiger partial charge in [-0.15, -0.1) is 0 Å². The van der Waals surface area contributed by atoms with E-state index in [1.54, 1.807) is 24.3 Å². The van der Waals surface area contributed by atoms with Crippen LogP contribution in [0, 0.1) is 0 Å². The molecule has 3 rings (SSSR count). The van der Waals surface area contributed by atoms with Crippen molar-refractivity contribution >= 4 is 32.5 Å². The van der Waals surface area contributed by atoms with Crippen molar-refractivity contribution in [3.8, 4) is 0 Å². The zero-order valence-electron chi connectivity index (χ0n) is 13.4. The van der Waals surface area contributed by atoms with Gasteiger partial charge in [0.2, 0.25) is 10.0 Å². The number of hydrogen-bond acceptors (Lipinski definition) is 6. The van der Waals surface area contributed by atoms with Crippen molar-refractivity contribution in [2.24, 2.45) is 5.14 Å². The van der Waals surface area contributed by atoms with E-state index in [4.69, 9.17) is 9.56 Å². The molecule has 2 aromatic carbocycles. The van der Waals surface area contributed by atoms with Gasteiger partial charge in [0.15, 0.2) is 5.78 Å². The predicted octanol–water partition coefficient (Wildman–Crippen LogP) is 2.25. The molecule has 0 aliphatic heterocycles. The summed E-state index contributed by atoms with van der Waals surface area (Å²) in [4.78, 5) is 24.1. The van der Waals surface area contributed by atoms with Gasteiger partial charge in [0, 0.05) is 23.3 Å². The second kappa shape index (κ2) is 6.95. The first-order valence-electron chi connectivity index (χ1n) is 7.48. The Bertz CT molecular complexity index is 1160. The Hall–Kier alpha value is -3.23. The third kappa shape index (κ3) is 3.88. The monoisotopic (exact) mass is 370 g/mol. The number of sulfonamides is 1. The van der Waals surface area contributed by atoms with E-state index in [1.807, 2.05) is 0 Å². The summed E-state index contributed by atoms with van der Waals surface area (Å²) in [6, 6.07) is 14.1. The van der Waals surface area contributed by atoms with Crippen LogP contribution < -0.4 is 16.1 Å². The van der Waals surface area contributed by atoms with Crippen molar-refractivity contribution in [2.45, 2.75) is 4.90 Å². The number of ketones is 1. The zero-order chi connectivity index (χ0) is 18.7. The molecule has 0 saturated heterocycles. The van der Waals surface area contributed by atoms with E-state index in [2.05, 4.69) is 5.32 Å². The number of fused-ring (bicyclic) bond motifs is 1. The van der Waals surface area contributed by atoms with Gasteiger partial charge in [0.05, 0.1) is 4.90 Å². The van der Waals surface area contributed by atoms with Crippen molar-refractivity contribution in [3.05, 3.63) is 82.9 Å². The van der Waals surface area contributed by atoms with Crippen molar-refractivity contribution in [3.63, 3.8) is 0 Å². The minimum Gasteiger partial charge on any atom is -0.422 e. The number of para-hydroxylation sites is 1. The Morgan fingerprint density at radius 2 is 1.77 bits per heavy atom. The molecule has 26 heavy (non-hydrogen) atoms. The van der Waals surface area contributed by atoms with Gasteiger partial charge in [-0.05, 0) is 36.4 Å². The van der Waals surface area contributed by atoms with Gasteiger partial charge < -0.3 is 9.73 Å². The van der Waals surface area contributed by atoms with Gasteiger partial charge in [0.25, 0.3) is 0 Å². The van der Waals surface area contributed by atoms with Gasteiger partial charge in [-0.1, -0.05) is 18.2 Å². The van der Waals surface area contributed by atoms with Crippen LogP contribution in [0.15, 0.2) is 81.0 Å². The Morgan fingerprint density at radius 3 is 2.46 bits per heavy atom. The molecule has 0 atom stereocenters. The zero-order valence-corrected chi connectivity index (χ0v) is 14.2. The first kappa shape index (κ1) is 17.6. The third-order valence-electron chi connectivity index (χ3n) is 3.57. The number of anilines is 1. The summed E-state index contributed by atoms with van der Waals surface area (Å²) in [6.45, 7) is 0. The Kier molecular flexibility index (Phi) is 4.70. The number of nitrogens with one attached hydrogen (secondary N) is 1. The minimum absolute atomic E-state index is 0.0168. The molecule has 0 fully saturated rings. The summed E-state index contributed by atoms with van der Waals surface area (Å²) >= 11 is 0. The van der Waals surface area contributed by atoms with E-state index in [1.165, 1.54) is 42.6 Å². The number of nitrogens with two attached hydrogens (primary N) is 1. The standard InChI is InChI=1S/C18H14N2O5S/c19-26(23,24)14-7-5-13(6-8-14)20-10-9-16(21)15-11-12-3-1-2-4-17(12)25-18(15)22/h1-11,20H,(H2,19,23,24)/b10-9+. The summed E-state index contributed by atoms with van der Waals surface area (Å²) in [5.74, 6) is -0.516. The average molecular weight is 370 g/mol. The van der Waals surface area contributed by atoms with Gasteiger partial charge >= 0.3 is 5.63 Å². The molecule has 0 aliphatic rings. The SMILES string of the molecule is NS(=O)(=O)c1ccc(N/C=C/C(=O)c2cc3ccccc3oc2=O)cc1. The van der Waals surface area contributed by atoms with Gasteiger partial charge in [-0.2, -0.15) is 0 Å². The van der Waals surface area contributed by atoms with Crippen LogP contribution >= 0.6 is 0 Å². The molecule has 0 amide bonds. The number of carbonyl (C=O) groups excluding carboxylic acids is 1. The van der Waals surface area contributed by atoms with Gasteiger partial charge in [-0.3, -0.25) is 4.79 Å². The molecule has 0 saturated carbocycles. The normalized spacial score (nSPS) is 11.7. The quantitative estimate of drug-likeness (QED) is 0.404. The summed E-state index contributed by atoms with van der Waals surface area (Å²) in [7, 11) is -3.76. The summed E-state index contributed by atoms with van der Waals surface area (Å²) in [5, 5.41) is 8.48. The van der Waals surface area contributed by atoms with Crippen LogP contribution in [-0.4, -0.2) is 14.2 Å². The fourth-order valence-electron chi connectivity index (χ4n) is 2.28. The lowest BCUT2D eigenvalue weighted by Gasteiger charge is -2.02. The summed E-state index contributed by atoms with van der Waals surface area (Å²) in [6.07, 6.45) is 2.54. The van der Waals surface area contributed by atoms with E-state index >= 15 is 0 Å². The van der Waals surface area contributed by atoms with Crippen molar-refractivity contribution in [1.29, 1.82) is 0 Å². The molecule has 8 heteroatoms. The number of allylic oxidation sites excluding steroid dienone is 1. The highest BCUT2D eigenvalue weighted by atomic mass is 32.2. The molecule has 0 aliphatic carbocycles. The van der Waals surface area contributed by atoms with Crippen LogP contribution in [-0.2, 0) is 10.0 Å². The Labute approximate surface area is 148 Å². The highest BCUT2D eigenvalue weighted by molar-refractivity contribution is 7.89. The minimum atomic E-state index is -3.76. The van der Waals surface area contributed by atoms with Gasteiger partial charge in [-0.25, -0.2) is 18.4 Å². The fraction of sp³-hybridized carbons (Fsp3) is 0. The number of primary sulfonamides is 1. The lowest BCUT2D eigenvalue weighted by Crippen LogP contribution is -2.12. The molecule has 7 nitrogen and oxygen atoms in total. The molecule has 0 bridgehead atoms. The molecule has 132 valence electrons. The average Bonchev–Trinajstić information content (AvgIpc) is 2.60. The Morgan fingerprint density at radius 1 is 1.08 bits per heavy atom. The van der Waals surface area contributed by atoms with Crippen molar-refractivity contribution in [1.82, 2.24) is 0 Å². The first-order chi connectivity index (χ1) is 12.3. The van der Waals surface area contributed by atoms with E-state index < -0.39 is 21.4 Å². The fourth-order valence-corrected chi connectivity index (χ4v) is 2.79. The van der Waals surface area contributed by atoms with Gasteiger partial charge in [0.1, 0.15) is 11.1 Å². The molecule has 1 heterocycles. The number of benzene rings is 2. The molecule has 0 unspecified atom stereocenters. The van der Waals surface area contributed by atoms with Crippen LogP contribution in [0.1, 0.15) is 10.4 Å². The molecule has 1 aromatic heterocycles. The molecule has 0 radical (unpaired) electrons. The molecular weight excluding hydrogens is 356 g/mol. The molecular formula is C18H14N2O5S. The number of hydrogen-bond donors (Lipinski definition) is 2. The molecule has 3 aromatic rings. The van der Waals surface area contributed by atoms with E-state index in [0.717, 1.165) is 0 Å². The van der Waals surface area contributed by atoms with E-state index in [-0.39, 0.29) is 10.5 Å². The lowest BCUT2D eigenvalue weighted by atomic mass is 10.1. The smallest absolute Gasteiger partial charge is 0.347 e. The van der Waals surface area contributed by atoms with Crippen molar-refractivity contribution < 1.29 is 17.6 Å². The highest BCUT2D eigenvalue weighted by Crippen LogP contribution is 2.14. The number of rotatable bonds is 5. The third-order valence-corrected chi connectivity index (χ3v) is 4.50. The van der Waals surface area contributed by atoms with Crippen molar-refractivity contribution in [2.75, 3.05) is 5.32 Å². The maximum absolute atomic E-state index is 12.2. The largest absolute Gasteiger partial charge is 0.422 e. The summed E-state index contributed by atoms with van der Waals surface area (Å²) < 4.78 is 27.5. The second-order valence-electron chi connectivity index (χ2n) is 5.40. The van der Waals surface area contributed by atoms with Crippen LogP contribution in [0.5, 0.6) is 0 Å².